The van der Waals surface area contributed by atoms with Crippen molar-refractivity contribution in [1.82, 2.24) is 0 Å². The fraction of sp³-hybridized carbons (Fsp3) is 0.0952. The van der Waals surface area contributed by atoms with E-state index in [0.29, 0.717) is 5.56 Å². The molecule has 1 aliphatic heterocycles. The van der Waals surface area contributed by atoms with Crippen LogP contribution in [0.1, 0.15) is 27.7 Å². The Hall–Kier alpha value is -2.59. The van der Waals surface area contributed by atoms with Crippen LogP contribution in [0.25, 0.3) is 0 Å². The van der Waals surface area contributed by atoms with Gasteiger partial charge in [-0.15, -0.1) is 0 Å². The van der Waals surface area contributed by atoms with Crippen molar-refractivity contribution < 1.29 is 4.79 Å². The maximum absolute atomic E-state index is 13.3. The molecule has 0 radical (unpaired) electrons. The number of aryl methyl sites for hydroxylation is 1. The van der Waals surface area contributed by atoms with Crippen LogP contribution in [-0.4, -0.2) is 5.91 Å². The molecular weight excluding hydrogens is 376 g/mol. The first-order valence-corrected chi connectivity index (χ1v) is 8.95. The molecule has 3 aromatic carbocycles. The van der Waals surface area contributed by atoms with E-state index in [0.717, 1.165) is 27.0 Å². The lowest BCUT2D eigenvalue weighted by atomic mass is 10.0. The van der Waals surface area contributed by atoms with Gasteiger partial charge in [0.1, 0.15) is 6.17 Å². The number of anilines is 2. The highest BCUT2D eigenvalue weighted by molar-refractivity contribution is 9.10. The largest absolute Gasteiger partial charge is 0.360 e. The third-order valence-electron chi connectivity index (χ3n) is 4.50. The van der Waals surface area contributed by atoms with E-state index in [1.165, 1.54) is 0 Å². The lowest BCUT2D eigenvalue weighted by Crippen LogP contribution is -2.43. The number of amides is 1. The van der Waals surface area contributed by atoms with Crippen LogP contribution in [0.15, 0.2) is 77.3 Å². The topological polar surface area (TPSA) is 32.3 Å². The summed E-state index contributed by atoms with van der Waals surface area (Å²) in [6, 6.07) is 23.6. The number of hydrogen-bond acceptors (Lipinski definition) is 2. The molecule has 1 aliphatic rings. The number of carbonyl (C=O) groups excluding carboxylic acids is 1. The molecule has 124 valence electrons. The maximum Gasteiger partial charge on any atom is 0.262 e. The summed E-state index contributed by atoms with van der Waals surface area (Å²) in [7, 11) is 0. The van der Waals surface area contributed by atoms with E-state index in [2.05, 4.69) is 21.2 Å². The van der Waals surface area contributed by atoms with Crippen LogP contribution in [0.3, 0.4) is 0 Å². The summed E-state index contributed by atoms with van der Waals surface area (Å²) in [5.74, 6) is 0.00408. The van der Waals surface area contributed by atoms with Gasteiger partial charge in [-0.2, -0.15) is 0 Å². The van der Waals surface area contributed by atoms with Gasteiger partial charge in [0.25, 0.3) is 5.91 Å². The number of halogens is 1. The Morgan fingerprint density at radius 2 is 1.60 bits per heavy atom. The molecule has 1 atom stereocenters. The van der Waals surface area contributed by atoms with Crippen molar-refractivity contribution in [1.29, 1.82) is 0 Å². The predicted molar refractivity (Wildman–Crippen MR) is 105 cm³/mol. The van der Waals surface area contributed by atoms with E-state index < -0.39 is 0 Å². The zero-order chi connectivity index (χ0) is 17.4. The number of benzene rings is 3. The van der Waals surface area contributed by atoms with Crippen LogP contribution in [-0.2, 0) is 0 Å². The highest BCUT2D eigenvalue weighted by atomic mass is 79.9. The SMILES string of the molecule is Cc1ccccc1N1C(=O)c2ccccc2NC1c1ccccc1Br. The molecule has 0 aliphatic carbocycles. The molecule has 4 rings (SSSR count). The van der Waals surface area contributed by atoms with Crippen molar-refractivity contribution in [3.63, 3.8) is 0 Å². The zero-order valence-corrected chi connectivity index (χ0v) is 15.3. The summed E-state index contributed by atoms with van der Waals surface area (Å²) < 4.78 is 0.971. The minimum absolute atomic E-state index is 0.00408. The number of hydrogen-bond donors (Lipinski definition) is 1. The van der Waals surface area contributed by atoms with E-state index in [9.17, 15) is 4.79 Å². The van der Waals surface area contributed by atoms with Crippen molar-refractivity contribution in [2.75, 3.05) is 10.2 Å². The van der Waals surface area contributed by atoms with Gasteiger partial charge in [-0.3, -0.25) is 9.69 Å². The number of fused-ring (bicyclic) bond motifs is 1. The monoisotopic (exact) mass is 392 g/mol. The summed E-state index contributed by atoms with van der Waals surface area (Å²) in [4.78, 5) is 15.2. The fourth-order valence-corrected chi connectivity index (χ4v) is 3.75. The molecule has 1 heterocycles. The van der Waals surface area contributed by atoms with Crippen molar-refractivity contribution in [3.05, 3.63) is 94.0 Å². The number of carbonyl (C=O) groups is 1. The van der Waals surface area contributed by atoms with Crippen molar-refractivity contribution >= 4 is 33.2 Å². The van der Waals surface area contributed by atoms with Crippen molar-refractivity contribution in [3.8, 4) is 0 Å². The predicted octanol–water partition coefficient (Wildman–Crippen LogP) is 5.53. The van der Waals surface area contributed by atoms with E-state index in [1.807, 2.05) is 84.6 Å². The molecule has 0 fully saturated rings. The third kappa shape index (κ3) is 2.72. The van der Waals surface area contributed by atoms with Crippen LogP contribution in [0.2, 0.25) is 0 Å². The highest BCUT2D eigenvalue weighted by Crippen LogP contribution is 2.39. The van der Waals surface area contributed by atoms with Crippen LogP contribution >= 0.6 is 15.9 Å². The normalized spacial score (nSPS) is 16.3. The smallest absolute Gasteiger partial charge is 0.262 e. The first-order chi connectivity index (χ1) is 12.2. The van der Waals surface area contributed by atoms with Gasteiger partial charge in [0.05, 0.1) is 5.56 Å². The molecule has 0 saturated heterocycles. The lowest BCUT2D eigenvalue weighted by molar-refractivity contribution is 0.0974. The number of para-hydroxylation sites is 2. The number of nitrogens with zero attached hydrogens (tertiary/aromatic N) is 1. The van der Waals surface area contributed by atoms with Gasteiger partial charge in [-0.05, 0) is 36.8 Å². The molecule has 0 bridgehead atoms. The van der Waals surface area contributed by atoms with Gasteiger partial charge in [0, 0.05) is 21.4 Å². The van der Waals surface area contributed by atoms with Gasteiger partial charge in [0.2, 0.25) is 0 Å². The minimum Gasteiger partial charge on any atom is -0.360 e. The molecule has 0 spiro atoms. The van der Waals surface area contributed by atoms with Gasteiger partial charge >= 0.3 is 0 Å². The van der Waals surface area contributed by atoms with Crippen LogP contribution in [0, 0.1) is 6.92 Å². The van der Waals surface area contributed by atoms with E-state index >= 15 is 0 Å². The Labute approximate surface area is 155 Å². The Balaban J connectivity index is 1.92. The Morgan fingerprint density at radius 3 is 2.40 bits per heavy atom. The van der Waals surface area contributed by atoms with Crippen LogP contribution < -0.4 is 10.2 Å². The van der Waals surface area contributed by atoms with Crippen molar-refractivity contribution in [2.45, 2.75) is 13.1 Å². The number of rotatable bonds is 2. The van der Waals surface area contributed by atoms with Crippen LogP contribution in [0.4, 0.5) is 11.4 Å². The summed E-state index contributed by atoms with van der Waals surface area (Å²) >= 11 is 3.63. The molecule has 4 heteroatoms. The first kappa shape index (κ1) is 15.9. The average molecular weight is 393 g/mol. The molecule has 0 saturated carbocycles. The molecule has 3 aromatic rings. The molecular formula is C21H17BrN2O. The summed E-state index contributed by atoms with van der Waals surface area (Å²) in [5.41, 5.74) is 4.55. The molecule has 1 N–H and O–H groups in total. The quantitative estimate of drug-likeness (QED) is 0.621. The van der Waals surface area contributed by atoms with E-state index in [-0.39, 0.29) is 12.1 Å². The molecule has 1 amide bonds. The second-order valence-corrected chi connectivity index (χ2v) is 6.93. The lowest BCUT2D eigenvalue weighted by Gasteiger charge is -2.39. The summed E-state index contributed by atoms with van der Waals surface area (Å²) in [6.07, 6.45) is -0.279. The second kappa shape index (κ2) is 6.37. The second-order valence-electron chi connectivity index (χ2n) is 6.08. The summed E-state index contributed by atoms with van der Waals surface area (Å²) in [5, 5.41) is 3.54. The van der Waals surface area contributed by atoms with Crippen LogP contribution in [0.5, 0.6) is 0 Å². The Kier molecular flexibility index (Phi) is 4.06. The Bertz CT molecular complexity index is 954. The first-order valence-electron chi connectivity index (χ1n) is 8.16. The third-order valence-corrected chi connectivity index (χ3v) is 5.22. The van der Waals surface area contributed by atoms with Gasteiger partial charge in [-0.25, -0.2) is 0 Å². The molecule has 25 heavy (non-hydrogen) atoms. The fourth-order valence-electron chi connectivity index (χ4n) is 3.25. The van der Waals surface area contributed by atoms with E-state index in [4.69, 9.17) is 0 Å². The minimum atomic E-state index is -0.279. The molecule has 3 nitrogen and oxygen atoms in total. The Morgan fingerprint density at radius 1 is 0.920 bits per heavy atom. The van der Waals surface area contributed by atoms with Crippen molar-refractivity contribution in [2.24, 2.45) is 0 Å². The zero-order valence-electron chi connectivity index (χ0n) is 13.7. The van der Waals surface area contributed by atoms with E-state index in [1.54, 1.807) is 0 Å². The standard InChI is InChI=1S/C21H17BrN2O/c1-14-8-2-7-13-19(14)24-20(15-9-3-5-11-17(15)22)23-18-12-6-4-10-16(18)21(24)25/h2-13,20,23H,1H3. The molecule has 1 unspecified atom stereocenters. The number of nitrogens with one attached hydrogen (secondary N) is 1. The maximum atomic E-state index is 13.3. The van der Waals surface area contributed by atoms with Gasteiger partial charge < -0.3 is 5.32 Å². The van der Waals surface area contributed by atoms with Gasteiger partial charge in [0.15, 0.2) is 0 Å². The summed E-state index contributed by atoms with van der Waals surface area (Å²) in [6.45, 7) is 2.03. The van der Waals surface area contributed by atoms with Gasteiger partial charge in [-0.1, -0.05) is 64.5 Å². The molecule has 0 aromatic heterocycles. The highest BCUT2D eigenvalue weighted by Gasteiger charge is 2.35. The average Bonchev–Trinajstić information content (AvgIpc) is 2.63.